The highest BCUT2D eigenvalue weighted by Gasteiger charge is 2.46. The van der Waals surface area contributed by atoms with Crippen LogP contribution in [0.25, 0.3) is 110 Å². The molecule has 4 aliphatic heterocycles. The van der Waals surface area contributed by atoms with E-state index in [1.165, 1.54) is 142 Å². The molecule has 0 radical (unpaired) electrons. The first-order valence-electron chi connectivity index (χ1n) is 19.9. The SMILES string of the molecule is c1ccc2c(c1)B1c3c(c4cccc5c6c(c7cccc3c7c45)B3c4ccccc4-c4ccc5c7ccccc7n-6c5c43)-n3c4ccccc4c4ccc-2c1c43. The third-order valence-corrected chi connectivity index (χ3v) is 14.5. The normalized spacial score (nSPS) is 14.0. The maximum Gasteiger partial charge on any atom is 0.249 e. The van der Waals surface area contributed by atoms with Crippen molar-refractivity contribution in [1.82, 2.24) is 9.13 Å². The molecule has 0 spiro atoms. The van der Waals surface area contributed by atoms with Gasteiger partial charge in [0.15, 0.2) is 0 Å². The molecule has 4 heteroatoms. The van der Waals surface area contributed by atoms with E-state index in [1.54, 1.807) is 0 Å². The molecule has 0 saturated carbocycles. The number of para-hydroxylation sites is 2. The zero-order chi connectivity index (χ0) is 35.7. The molecule has 16 rings (SSSR count). The van der Waals surface area contributed by atoms with Crippen molar-refractivity contribution < 1.29 is 0 Å². The first kappa shape index (κ1) is 27.5. The Morgan fingerprint density at radius 2 is 0.696 bits per heavy atom. The van der Waals surface area contributed by atoms with Crippen LogP contribution < -0.4 is 32.8 Å². The first-order valence-corrected chi connectivity index (χ1v) is 19.9. The third kappa shape index (κ3) is 2.72. The smallest absolute Gasteiger partial charge is 0.249 e. The Morgan fingerprint density at radius 3 is 1.21 bits per heavy atom. The van der Waals surface area contributed by atoms with Gasteiger partial charge in [0.2, 0.25) is 13.4 Å². The summed E-state index contributed by atoms with van der Waals surface area (Å²) in [4.78, 5) is 0. The van der Waals surface area contributed by atoms with E-state index in [0.717, 1.165) is 0 Å². The summed E-state index contributed by atoms with van der Waals surface area (Å²) in [7, 11) is 0. The van der Waals surface area contributed by atoms with E-state index in [1.807, 2.05) is 0 Å². The van der Waals surface area contributed by atoms with Crippen molar-refractivity contribution in [3.05, 3.63) is 158 Å². The second-order valence-electron chi connectivity index (χ2n) is 16.6. The molecule has 0 N–H and O–H groups in total. The van der Waals surface area contributed by atoms with Gasteiger partial charge in [-0.2, -0.15) is 0 Å². The van der Waals surface area contributed by atoms with Gasteiger partial charge in [-0.25, -0.2) is 0 Å². The van der Waals surface area contributed by atoms with E-state index in [0.29, 0.717) is 0 Å². The molecular formula is C52H26B2N2. The number of fused-ring (bicyclic) bond motifs is 22. The van der Waals surface area contributed by atoms with Gasteiger partial charge < -0.3 is 9.13 Å². The lowest BCUT2D eigenvalue weighted by Crippen LogP contribution is -2.54. The zero-order valence-electron chi connectivity index (χ0n) is 30.1. The summed E-state index contributed by atoms with van der Waals surface area (Å²) in [5.74, 6) is 0. The molecule has 0 atom stereocenters. The van der Waals surface area contributed by atoms with Crippen molar-refractivity contribution >= 4 is 122 Å². The molecule has 0 fully saturated rings. The summed E-state index contributed by atoms with van der Waals surface area (Å²) in [6, 6.07) is 60.6. The van der Waals surface area contributed by atoms with Crippen LogP contribution in [-0.2, 0) is 0 Å². The number of hydrogen-bond donors (Lipinski definition) is 0. The van der Waals surface area contributed by atoms with E-state index in [9.17, 15) is 0 Å². The minimum absolute atomic E-state index is 0.148. The summed E-state index contributed by atoms with van der Waals surface area (Å²) in [6.45, 7) is 0.295. The molecule has 0 saturated heterocycles. The van der Waals surface area contributed by atoms with Gasteiger partial charge in [-0.3, -0.25) is 0 Å². The highest BCUT2D eigenvalue weighted by atomic mass is 15.0. The van der Waals surface area contributed by atoms with Gasteiger partial charge >= 0.3 is 0 Å². The molecular weight excluding hydrogens is 674 g/mol. The van der Waals surface area contributed by atoms with Crippen molar-refractivity contribution in [2.24, 2.45) is 0 Å². The Kier molecular flexibility index (Phi) is 4.38. The number of nitrogens with zero attached hydrogens (tertiary/aromatic N) is 2. The van der Waals surface area contributed by atoms with Crippen LogP contribution in [0.4, 0.5) is 0 Å². The molecule has 10 aromatic carbocycles. The molecule has 0 amide bonds. The van der Waals surface area contributed by atoms with Gasteiger partial charge in [0.05, 0.1) is 11.0 Å². The molecule has 2 aromatic heterocycles. The van der Waals surface area contributed by atoms with Crippen molar-refractivity contribution in [1.29, 1.82) is 0 Å². The second kappa shape index (κ2) is 8.91. The predicted molar refractivity (Wildman–Crippen MR) is 239 cm³/mol. The molecule has 2 nitrogen and oxygen atoms in total. The summed E-state index contributed by atoms with van der Waals surface area (Å²) in [5.41, 5.74) is 22.2. The fourth-order valence-electron chi connectivity index (χ4n) is 12.7. The Hall–Kier alpha value is -7.03. The Labute approximate surface area is 321 Å². The molecule has 250 valence electrons. The molecule has 0 unspecified atom stereocenters. The van der Waals surface area contributed by atoms with E-state index >= 15 is 0 Å². The maximum absolute atomic E-state index is 2.66. The summed E-state index contributed by atoms with van der Waals surface area (Å²) in [5, 5.41) is 13.6. The summed E-state index contributed by atoms with van der Waals surface area (Å²) < 4.78 is 5.32. The van der Waals surface area contributed by atoms with Crippen molar-refractivity contribution in [3.63, 3.8) is 0 Å². The highest BCUT2D eigenvalue weighted by Crippen LogP contribution is 2.48. The maximum atomic E-state index is 2.66. The molecule has 4 aliphatic rings. The average molecular weight is 700 g/mol. The topological polar surface area (TPSA) is 9.86 Å². The predicted octanol–water partition coefficient (Wildman–Crippen LogP) is 8.40. The molecule has 6 heterocycles. The molecule has 0 bridgehead atoms. The summed E-state index contributed by atoms with van der Waals surface area (Å²) >= 11 is 0. The number of hydrogen-bond acceptors (Lipinski definition) is 0. The van der Waals surface area contributed by atoms with Crippen molar-refractivity contribution in [2.45, 2.75) is 0 Å². The van der Waals surface area contributed by atoms with E-state index < -0.39 is 0 Å². The fourth-order valence-corrected chi connectivity index (χ4v) is 12.7. The van der Waals surface area contributed by atoms with Crippen LogP contribution in [0.15, 0.2) is 158 Å². The highest BCUT2D eigenvalue weighted by molar-refractivity contribution is 7.04. The standard InChI is InChI=1S/C52H26B2N2/c1-5-19-39-27(11-1)31-23-25-33-29-13-3-7-21-41(29)55-49(33)45(31)53(39)47-35-15-9-16-36-43(35)44-37(51(47)55)17-10-18-38(44)52-48(36)54-40-20-6-2-12-28(40)32-24-26-34-30-14-4-8-22-42(30)56(52)50(34)46(32)54/h1-26H. The Balaban J connectivity index is 1.19. The lowest BCUT2D eigenvalue weighted by atomic mass is 9.35. The Morgan fingerprint density at radius 1 is 0.286 bits per heavy atom. The van der Waals surface area contributed by atoms with Crippen LogP contribution in [0.2, 0.25) is 0 Å². The third-order valence-electron chi connectivity index (χ3n) is 14.5. The average Bonchev–Trinajstić information content (AvgIpc) is 3.98. The van der Waals surface area contributed by atoms with Gasteiger partial charge in [0, 0.05) is 60.1 Å². The van der Waals surface area contributed by atoms with Gasteiger partial charge in [-0.1, -0.05) is 157 Å². The van der Waals surface area contributed by atoms with Crippen LogP contribution in [0.5, 0.6) is 0 Å². The number of benzene rings is 10. The van der Waals surface area contributed by atoms with Crippen LogP contribution in [0.1, 0.15) is 0 Å². The van der Waals surface area contributed by atoms with E-state index in [-0.39, 0.29) is 13.4 Å². The van der Waals surface area contributed by atoms with Crippen molar-refractivity contribution in [2.75, 3.05) is 0 Å². The Bertz CT molecular complexity index is 3650. The largest absolute Gasteiger partial charge is 0.310 e. The number of rotatable bonds is 0. The van der Waals surface area contributed by atoms with Gasteiger partial charge in [-0.05, 0) is 72.4 Å². The second-order valence-corrected chi connectivity index (χ2v) is 16.6. The monoisotopic (exact) mass is 700 g/mol. The van der Waals surface area contributed by atoms with Crippen molar-refractivity contribution in [3.8, 4) is 33.6 Å². The van der Waals surface area contributed by atoms with E-state index in [2.05, 4.69) is 167 Å². The fraction of sp³-hybridized carbons (Fsp3) is 0. The van der Waals surface area contributed by atoms with E-state index in [4.69, 9.17) is 0 Å². The molecule has 56 heavy (non-hydrogen) atoms. The van der Waals surface area contributed by atoms with Crippen LogP contribution >= 0.6 is 0 Å². The van der Waals surface area contributed by atoms with Crippen LogP contribution in [0, 0.1) is 0 Å². The lowest BCUT2D eigenvalue weighted by molar-refractivity contribution is 1.21. The molecule has 0 aliphatic carbocycles. The minimum atomic E-state index is 0.148. The van der Waals surface area contributed by atoms with Gasteiger partial charge in [0.25, 0.3) is 0 Å². The van der Waals surface area contributed by atoms with Crippen LogP contribution in [-0.4, -0.2) is 22.6 Å². The zero-order valence-corrected chi connectivity index (χ0v) is 30.1. The quantitative estimate of drug-likeness (QED) is 0.111. The first-order chi connectivity index (χ1) is 27.9. The number of aromatic nitrogens is 2. The summed E-state index contributed by atoms with van der Waals surface area (Å²) in [6.07, 6.45) is 0. The minimum Gasteiger partial charge on any atom is -0.310 e. The van der Waals surface area contributed by atoms with Crippen LogP contribution in [0.3, 0.4) is 0 Å². The molecule has 12 aromatic rings. The lowest BCUT2D eigenvalue weighted by Gasteiger charge is -2.32. The van der Waals surface area contributed by atoms with Gasteiger partial charge in [0.1, 0.15) is 0 Å². The van der Waals surface area contributed by atoms with Gasteiger partial charge in [-0.15, -0.1) is 0 Å².